The number of fused-ring (bicyclic) bond motifs is 1. The van der Waals surface area contributed by atoms with Gasteiger partial charge in [0.05, 0.1) is 4.90 Å². The van der Waals surface area contributed by atoms with Gasteiger partial charge in [-0.25, -0.2) is 0 Å². The van der Waals surface area contributed by atoms with Gasteiger partial charge < -0.3 is 9.39 Å². The normalized spacial score (nSPS) is 12.3. The predicted octanol–water partition coefficient (Wildman–Crippen LogP) is 2.07. The van der Waals surface area contributed by atoms with Gasteiger partial charge >= 0.3 is 0 Å². The standard InChI is InChI=1S/C11H9NO3S/c1-12-15-10-7-6-8-4-2-3-5-9(8)11(10)16(13)14/h2-7H,1H2,(H,13,14)/p-1. The van der Waals surface area contributed by atoms with E-state index < -0.39 is 11.1 Å². The first kappa shape index (κ1) is 10.8. The monoisotopic (exact) mass is 234 g/mol. The van der Waals surface area contributed by atoms with Gasteiger partial charge in [0.1, 0.15) is 0 Å². The number of oxime groups is 1. The van der Waals surface area contributed by atoms with E-state index in [1.807, 2.05) is 12.1 Å². The Bertz CT molecular complexity index is 568. The van der Waals surface area contributed by atoms with Gasteiger partial charge in [-0.05, 0) is 22.5 Å². The van der Waals surface area contributed by atoms with Crippen molar-refractivity contribution in [2.75, 3.05) is 0 Å². The van der Waals surface area contributed by atoms with E-state index in [1.165, 1.54) is 0 Å². The van der Waals surface area contributed by atoms with Crippen LogP contribution in [0.25, 0.3) is 10.8 Å². The van der Waals surface area contributed by atoms with Crippen LogP contribution in [-0.4, -0.2) is 15.5 Å². The molecule has 0 N–H and O–H groups in total. The van der Waals surface area contributed by atoms with Gasteiger partial charge in [-0.3, -0.25) is 4.21 Å². The summed E-state index contributed by atoms with van der Waals surface area (Å²) in [4.78, 5) is 4.93. The molecule has 0 spiro atoms. The molecule has 2 aromatic carbocycles. The maximum atomic E-state index is 11.2. The highest BCUT2D eigenvalue weighted by Gasteiger charge is 2.09. The van der Waals surface area contributed by atoms with Gasteiger partial charge in [-0.2, -0.15) is 0 Å². The topological polar surface area (TPSA) is 61.7 Å². The first-order chi connectivity index (χ1) is 7.74. The van der Waals surface area contributed by atoms with Crippen LogP contribution in [0.3, 0.4) is 0 Å². The van der Waals surface area contributed by atoms with E-state index in [0.717, 1.165) is 5.39 Å². The Hall–Kier alpha value is -1.72. The van der Waals surface area contributed by atoms with E-state index in [2.05, 4.69) is 11.9 Å². The van der Waals surface area contributed by atoms with E-state index in [1.54, 1.807) is 24.3 Å². The quantitative estimate of drug-likeness (QED) is 0.464. The second kappa shape index (κ2) is 4.42. The van der Waals surface area contributed by atoms with E-state index in [4.69, 9.17) is 4.84 Å². The molecule has 0 saturated carbocycles. The van der Waals surface area contributed by atoms with Gasteiger partial charge in [-0.1, -0.05) is 35.5 Å². The lowest BCUT2D eigenvalue weighted by Gasteiger charge is -2.12. The molecule has 0 heterocycles. The molecule has 0 aliphatic carbocycles. The summed E-state index contributed by atoms with van der Waals surface area (Å²) in [7, 11) is 0. The summed E-state index contributed by atoms with van der Waals surface area (Å²) >= 11 is -2.38. The molecule has 0 aliphatic rings. The molecule has 4 nitrogen and oxygen atoms in total. The lowest BCUT2D eigenvalue weighted by molar-refractivity contribution is 0.336. The van der Waals surface area contributed by atoms with Crippen molar-refractivity contribution in [3.63, 3.8) is 0 Å². The molecule has 0 aromatic heterocycles. The Labute approximate surface area is 94.8 Å². The van der Waals surface area contributed by atoms with Crippen molar-refractivity contribution in [3.8, 4) is 5.75 Å². The van der Waals surface area contributed by atoms with Gasteiger partial charge in [0.25, 0.3) is 0 Å². The molecule has 0 radical (unpaired) electrons. The first-order valence-electron chi connectivity index (χ1n) is 4.48. The minimum Gasteiger partial charge on any atom is -0.768 e. The third-order valence-corrected chi connectivity index (χ3v) is 2.93. The second-order valence-electron chi connectivity index (χ2n) is 3.07. The highest BCUT2D eigenvalue weighted by atomic mass is 32.2. The molecule has 16 heavy (non-hydrogen) atoms. The average molecular weight is 234 g/mol. The van der Waals surface area contributed by atoms with Crippen molar-refractivity contribution in [2.24, 2.45) is 5.16 Å². The summed E-state index contributed by atoms with van der Waals surface area (Å²) in [6.45, 7) is 3.16. The largest absolute Gasteiger partial charge is 0.768 e. The fourth-order valence-electron chi connectivity index (χ4n) is 1.54. The smallest absolute Gasteiger partial charge is 0.173 e. The van der Waals surface area contributed by atoms with Crippen molar-refractivity contribution < 1.29 is 13.6 Å². The number of benzene rings is 2. The van der Waals surface area contributed by atoms with E-state index in [0.29, 0.717) is 5.39 Å². The molecule has 1 atom stereocenters. The van der Waals surface area contributed by atoms with Gasteiger partial charge in [0.15, 0.2) is 5.75 Å². The van der Waals surface area contributed by atoms with Crippen molar-refractivity contribution in [3.05, 3.63) is 36.4 Å². The maximum absolute atomic E-state index is 11.2. The van der Waals surface area contributed by atoms with Crippen LogP contribution in [0.2, 0.25) is 0 Å². The molecular formula is C11H8NO3S-. The van der Waals surface area contributed by atoms with Crippen molar-refractivity contribution in [1.29, 1.82) is 0 Å². The lowest BCUT2D eigenvalue weighted by atomic mass is 10.1. The number of rotatable bonds is 3. The zero-order valence-corrected chi connectivity index (χ0v) is 9.07. The second-order valence-corrected chi connectivity index (χ2v) is 3.95. The number of hydrogen-bond donors (Lipinski definition) is 0. The van der Waals surface area contributed by atoms with E-state index >= 15 is 0 Å². The summed E-state index contributed by atoms with van der Waals surface area (Å²) in [5, 5.41) is 4.67. The minimum atomic E-state index is -2.38. The molecule has 0 amide bonds. The zero-order chi connectivity index (χ0) is 11.5. The van der Waals surface area contributed by atoms with Crippen LogP contribution in [-0.2, 0) is 11.1 Å². The summed E-state index contributed by atoms with van der Waals surface area (Å²) in [5.74, 6) is 0.182. The molecule has 0 aliphatic heterocycles. The summed E-state index contributed by atoms with van der Waals surface area (Å²) in [6.07, 6.45) is 0. The number of hydrogen-bond acceptors (Lipinski definition) is 4. The minimum absolute atomic E-state index is 0.102. The lowest BCUT2D eigenvalue weighted by Crippen LogP contribution is -1.95. The predicted molar refractivity (Wildman–Crippen MR) is 61.3 cm³/mol. The fourth-order valence-corrected chi connectivity index (χ4v) is 2.17. The molecule has 0 fully saturated rings. The highest BCUT2D eigenvalue weighted by Crippen LogP contribution is 2.30. The molecule has 5 heteroatoms. The van der Waals surface area contributed by atoms with Crippen LogP contribution in [0.15, 0.2) is 46.4 Å². The zero-order valence-electron chi connectivity index (χ0n) is 8.25. The average Bonchev–Trinajstić information content (AvgIpc) is 2.28. The Morgan fingerprint density at radius 1 is 1.25 bits per heavy atom. The van der Waals surface area contributed by atoms with E-state index in [-0.39, 0.29) is 10.6 Å². The van der Waals surface area contributed by atoms with Crippen LogP contribution in [0.5, 0.6) is 5.75 Å². The van der Waals surface area contributed by atoms with Crippen molar-refractivity contribution in [2.45, 2.75) is 4.90 Å². The van der Waals surface area contributed by atoms with Gasteiger partial charge in [-0.15, -0.1) is 0 Å². The Morgan fingerprint density at radius 3 is 2.69 bits per heavy atom. The Balaban J connectivity index is 2.78. The third kappa shape index (κ3) is 1.82. The van der Waals surface area contributed by atoms with Crippen LogP contribution < -0.4 is 4.84 Å². The molecule has 82 valence electrons. The summed E-state index contributed by atoms with van der Waals surface area (Å²) in [6, 6.07) is 10.5. The highest BCUT2D eigenvalue weighted by molar-refractivity contribution is 7.79. The maximum Gasteiger partial charge on any atom is 0.173 e. The molecule has 2 rings (SSSR count). The molecule has 0 bridgehead atoms. The SMILES string of the molecule is C=NOc1ccc2ccccc2c1S(=O)[O-]. The molecule has 0 saturated heterocycles. The van der Waals surface area contributed by atoms with E-state index in [9.17, 15) is 8.76 Å². The molecule has 2 aromatic rings. The Kier molecular flexibility index (Phi) is 2.98. The van der Waals surface area contributed by atoms with Gasteiger partial charge in [0, 0.05) is 12.1 Å². The van der Waals surface area contributed by atoms with Crippen LogP contribution in [0.4, 0.5) is 0 Å². The summed E-state index contributed by atoms with van der Waals surface area (Å²) < 4.78 is 22.3. The van der Waals surface area contributed by atoms with Crippen molar-refractivity contribution in [1.82, 2.24) is 0 Å². The third-order valence-electron chi connectivity index (χ3n) is 2.17. The van der Waals surface area contributed by atoms with Crippen LogP contribution in [0.1, 0.15) is 0 Å². The van der Waals surface area contributed by atoms with Crippen LogP contribution in [0, 0.1) is 0 Å². The first-order valence-corrected chi connectivity index (χ1v) is 5.55. The number of nitrogens with zero attached hydrogens (tertiary/aromatic N) is 1. The van der Waals surface area contributed by atoms with Gasteiger partial charge in [0.2, 0.25) is 0 Å². The van der Waals surface area contributed by atoms with Crippen molar-refractivity contribution >= 4 is 28.6 Å². The fraction of sp³-hybridized carbons (Fsp3) is 0. The van der Waals surface area contributed by atoms with Crippen LogP contribution >= 0.6 is 0 Å². The summed E-state index contributed by atoms with van der Waals surface area (Å²) in [5.41, 5.74) is 0. The molecule has 1 unspecified atom stereocenters. The Morgan fingerprint density at radius 2 is 2.00 bits per heavy atom. The molecular weight excluding hydrogens is 226 g/mol.